The predicted octanol–water partition coefficient (Wildman–Crippen LogP) is 2.05. The van der Waals surface area contributed by atoms with E-state index in [1.807, 2.05) is 13.8 Å². The zero-order valence-electron chi connectivity index (χ0n) is 12.2. The largest absolute Gasteiger partial charge is 0.403 e. The predicted molar refractivity (Wildman–Crippen MR) is 76.0 cm³/mol. The summed E-state index contributed by atoms with van der Waals surface area (Å²) in [5.41, 5.74) is 0. The van der Waals surface area contributed by atoms with E-state index >= 15 is 0 Å². The molecule has 1 aliphatic heterocycles. The van der Waals surface area contributed by atoms with Crippen molar-refractivity contribution in [3.05, 3.63) is 0 Å². The van der Waals surface area contributed by atoms with Crippen LogP contribution in [0.15, 0.2) is 0 Å². The number of hydrogen-bond acceptors (Lipinski definition) is 3. The minimum Gasteiger partial charge on any atom is -0.383 e. The first-order valence-electron chi connectivity index (χ1n) is 6.85. The molecule has 19 heavy (non-hydrogen) atoms. The molecule has 0 spiro atoms. The van der Waals surface area contributed by atoms with Crippen LogP contribution in [0.1, 0.15) is 40.5 Å². The average molecular weight is 289 g/mol. The molecular weight excluding hydrogens is 264 g/mol. The summed E-state index contributed by atoms with van der Waals surface area (Å²) in [6.07, 6.45) is 1.18. The summed E-state index contributed by atoms with van der Waals surface area (Å²) in [6, 6.07) is -0.619. The third kappa shape index (κ3) is 6.41. The first-order valence-corrected chi connectivity index (χ1v) is 8.43. The molecule has 110 valence electrons. The lowest BCUT2D eigenvalue weighted by Crippen LogP contribution is -2.35. The summed E-state index contributed by atoms with van der Waals surface area (Å²) < 4.78 is 22.6. The number of hydrogen-bond donors (Lipinski definition) is 2. The molecular formula is C12H25BNO4P. The van der Waals surface area contributed by atoms with Gasteiger partial charge >= 0.3 is 7.75 Å². The third-order valence-corrected chi connectivity index (χ3v) is 4.06. The van der Waals surface area contributed by atoms with Gasteiger partial charge in [-0.15, -0.1) is 0 Å². The van der Waals surface area contributed by atoms with Gasteiger partial charge in [0.15, 0.2) is 0 Å². The second-order valence-electron chi connectivity index (χ2n) is 6.02. The Hall–Kier alpha value is 0.135. The highest BCUT2D eigenvalue weighted by Crippen LogP contribution is 2.40. The summed E-state index contributed by atoms with van der Waals surface area (Å²) in [7, 11) is 1.97. The van der Waals surface area contributed by atoms with Gasteiger partial charge in [0.05, 0.1) is 12.7 Å². The van der Waals surface area contributed by atoms with E-state index in [1.165, 1.54) is 0 Å². The Morgan fingerprint density at radius 1 is 1.42 bits per heavy atom. The van der Waals surface area contributed by atoms with Crippen LogP contribution in [-0.2, 0) is 13.8 Å². The maximum atomic E-state index is 11.9. The quantitative estimate of drug-likeness (QED) is 0.554. The van der Waals surface area contributed by atoms with Gasteiger partial charge < -0.3 is 9.63 Å². The fourth-order valence-electron chi connectivity index (χ4n) is 2.09. The summed E-state index contributed by atoms with van der Waals surface area (Å²) >= 11 is 0. The highest BCUT2D eigenvalue weighted by atomic mass is 31.2. The molecule has 0 aliphatic carbocycles. The zero-order chi connectivity index (χ0) is 14.6. The molecule has 0 amide bonds. The van der Waals surface area contributed by atoms with Crippen LogP contribution in [0.2, 0.25) is 0 Å². The van der Waals surface area contributed by atoms with Gasteiger partial charge in [0.1, 0.15) is 7.85 Å². The van der Waals surface area contributed by atoms with Crippen molar-refractivity contribution in [2.75, 3.05) is 6.61 Å². The Balaban J connectivity index is 2.55. The van der Waals surface area contributed by atoms with Crippen LogP contribution < -0.4 is 5.09 Å². The molecule has 2 radical (unpaired) electrons. The van der Waals surface area contributed by atoms with Crippen molar-refractivity contribution in [1.29, 1.82) is 0 Å². The smallest absolute Gasteiger partial charge is 0.383 e. The van der Waals surface area contributed by atoms with Crippen LogP contribution in [0.25, 0.3) is 0 Å². The fourth-order valence-corrected chi connectivity index (χ4v) is 3.36. The topological polar surface area (TPSA) is 67.8 Å². The fraction of sp³-hybridized carbons (Fsp3) is 1.00. The average Bonchev–Trinajstić information content (AvgIpc) is 2.54. The van der Waals surface area contributed by atoms with Crippen molar-refractivity contribution < 1.29 is 18.7 Å². The van der Waals surface area contributed by atoms with Crippen LogP contribution in [0.4, 0.5) is 0 Å². The Morgan fingerprint density at radius 2 is 2.05 bits per heavy atom. The van der Waals surface area contributed by atoms with Gasteiger partial charge in [0.2, 0.25) is 0 Å². The normalized spacial score (nSPS) is 31.0. The second-order valence-corrected chi connectivity index (χ2v) is 7.58. The second kappa shape index (κ2) is 7.23. The van der Waals surface area contributed by atoms with Gasteiger partial charge in [0.25, 0.3) is 0 Å². The molecule has 1 rings (SSSR count). The van der Waals surface area contributed by atoms with E-state index in [0.717, 1.165) is 6.42 Å². The molecule has 0 aromatic heterocycles. The van der Waals surface area contributed by atoms with Crippen molar-refractivity contribution in [3.8, 4) is 0 Å². The van der Waals surface area contributed by atoms with Crippen LogP contribution in [0.5, 0.6) is 0 Å². The molecule has 0 aromatic rings. The van der Waals surface area contributed by atoms with Gasteiger partial charge in [-0.1, -0.05) is 27.7 Å². The van der Waals surface area contributed by atoms with Crippen molar-refractivity contribution in [2.45, 2.75) is 58.7 Å². The molecule has 0 aromatic carbocycles. The van der Waals surface area contributed by atoms with Gasteiger partial charge in [-0.05, 0) is 24.7 Å². The Morgan fingerprint density at radius 3 is 2.58 bits per heavy atom. The van der Waals surface area contributed by atoms with Gasteiger partial charge in [-0.2, -0.15) is 0 Å². The maximum absolute atomic E-state index is 11.9. The first kappa shape index (κ1) is 17.2. The van der Waals surface area contributed by atoms with Crippen molar-refractivity contribution >= 4 is 15.6 Å². The molecule has 1 saturated heterocycles. The first-order chi connectivity index (χ1) is 8.69. The molecule has 2 unspecified atom stereocenters. The molecule has 1 aliphatic rings. The Bertz CT molecular complexity index is 327. The van der Waals surface area contributed by atoms with E-state index in [0.29, 0.717) is 12.3 Å². The maximum Gasteiger partial charge on any atom is 0.403 e. The van der Waals surface area contributed by atoms with Crippen LogP contribution in [0, 0.1) is 11.8 Å². The molecule has 1 heterocycles. The highest BCUT2D eigenvalue weighted by molar-refractivity contribution is 7.50. The van der Waals surface area contributed by atoms with E-state index < -0.39 is 7.75 Å². The summed E-state index contributed by atoms with van der Waals surface area (Å²) in [4.78, 5) is 9.79. The highest BCUT2D eigenvalue weighted by Gasteiger charge is 2.37. The summed E-state index contributed by atoms with van der Waals surface area (Å²) in [5, 5.41) is 2.68. The monoisotopic (exact) mass is 289 g/mol. The number of rotatable bonds is 7. The van der Waals surface area contributed by atoms with Gasteiger partial charge in [-0.25, -0.2) is 9.65 Å². The third-order valence-electron chi connectivity index (χ3n) is 2.90. The molecule has 2 N–H and O–H groups in total. The van der Waals surface area contributed by atoms with Gasteiger partial charge in [0, 0.05) is 12.0 Å². The van der Waals surface area contributed by atoms with E-state index in [-0.39, 0.29) is 30.7 Å². The van der Waals surface area contributed by atoms with E-state index in [2.05, 4.69) is 18.9 Å². The summed E-state index contributed by atoms with van der Waals surface area (Å²) in [5.74, 6) is 0.644. The lowest BCUT2D eigenvalue weighted by Gasteiger charge is -2.24. The molecule has 0 saturated carbocycles. The number of nitrogens with one attached hydrogen (secondary N) is 1. The van der Waals surface area contributed by atoms with Crippen LogP contribution >= 0.6 is 7.75 Å². The molecule has 7 heteroatoms. The molecule has 4 atom stereocenters. The van der Waals surface area contributed by atoms with Crippen LogP contribution in [0.3, 0.4) is 0 Å². The Kier molecular flexibility index (Phi) is 6.54. The molecule has 0 bridgehead atoms. The van der Waals surface area contributed by atoms with Crippen molar-refractivity contribution in [2.24, 2.45) is 11.8 Å². The molecule has 5 nitrogen and oxygen atoms in total. The van der Waals surface area contributed by atoms with Crippen molar-refractivity contribution in [1.82, 2.24) is 5.09 Å². The number of ether oxygens (including phenoxy) is 1. The lowest BCUT2D eigenvalue weighted by molar-refractivity contribution is 0.0641. The van der Waals surface area contributed by atoms with E-state index in [4.69, 9.17) is 17.1 Å². The van der Waals surface area contributed by atoms with E-state index in [1.54, 1.807) is 0 Å². The lowest BCUT2D eigenvalue weighted by atomic mass is 9.94. The van der Waals surface area contributed by atoms with E-state index in [9.17, 15) is 9.46 Å². The molecule has 1 fully saturated rings. The minimum absolute atomic E-state index is 0.141. The standard InChI is InChI=1S/C12H25BNO4P/c1-8(2)5-11-10(6-12(13)18-11)14-19(15,16)17-7-9(3)4/h8-12H,5-7H2,1-4H3,(H2,14,15,16)/t10?,11-,12-/m1/s1. The van der Waals surface area contributed by atoms with Gasteiger partial charge in [-0.3, -0.25) is 4.52 Å². The Labute approximate surface area is 117 Å². The van der Waals surface area contributed by atoms with Crippen LogP contribution in [-0.4, -0.2) is 37.5 Å². The zero-order valence-corrected chi connectivity index (χ0v) is 13.1. The minimum atomic E-state index is -3.79. The SMILES string of the molecule is [B][C@H]1CC(NP(=O)(O)OCC(C)C)[C@@H](CC(C)C)O1. The van der Waals surface area contributed by atoms with Crippen molar-refractivity contribution in [3.63, 3.8) is 0 Å². The summed E-state index contributed by atoms with van der Waals surface area (Å²) in [6.45, 7) is 8.26.